The van der Waals surface area contributed by atoms with Gasteiger partial charge in [-0.25, -0.2) is 14.6 Å². The molecule has 0 fully saturated rings. The van der Waals surface area contributed by atoms with E-state index in [4.69, 9.17) is 21.1 Å². The molecule has 0 saturated heterocycles. The fourth-order valence-electron chi connectivity index (χ4n) is 3.56. The van der Waals surface area contributed by atoms with Crippen molar-refractivity contribution in [2.24, 2.45) is 0 Å². The predicted molar refractivity (Wildman–Crippen MR) is 121 cm³/mol. The molecule has 0 radical (unpaired) electrons. The van der Waals surface area contributed by atoms with Crippen LogP contribution in [-0.2, 0) is 27.1 Å². The van der Waals surface area contributed by atoms with Crippen molar-refractivity contribution in [1.29, 1.82) is 0 Å². The van der Waals surface area contributed by atoms with Crippen LogP contribution in [-0.4, -0.2) is 36.0 Å². The van der Waals surface area contributed by atoms with Gasteiger partial charge in [0.1, 0.15) is 10.2 Å². The number of carbonyl (C=O) groups is 3. The number of esters is 2. The summed E-state index contributed by atoms with van der Waals surface area (Å²) in [4.78, 5) is 42.2. The Morgan fingerprint density at radius 3 is 2.69 bits per heavy atom. The van der Waals surface area contributed by atoms with Crippen molar-refractivity contribution in [2.75, 3.05) is 18.5 Å². The van der Waals surface area contributed by atoms with Gasteiger partial charge in [-0.3, -0.25) is 4.79 Å². The third kappa shape index (κ3) is 4.37. The first-order valence-electron chi connectivity index (χ1n) is 9.98. The summed E-state index contributed by atoms with van der Waals surface area (Å²) in [6.07, 6.45) is 2.91. The molecular weight excluding hydrogens is 452 g/mol. The number of aryl methyl sites for hydroxylation is 1. The topological polar surface area (TPSA) is 94.6 Å². The number of hydrogen-bond donors (Lipinski definition) is 1. The fourth-order valence-corrected chi connectivity index (χ4v) is 5.07. The minimum atomic E-state index is -0.761. The van der Waals surface area contributed by atoms with Crippen molar-refractivity contribution in [1.82, 2.24) is 4.98 Å². The second kappa shape index (κ2) is 9.50. The van der Waals surface area contributed by atoms with Crippen molar-refractivity contribution in [3.8, 4) is 10.4 Å². The Labute approximate surface area is 193 Å². The first-order chi connectivity index (χ1) is 15.5. The van der Waals surface area contributed by atoms with Gasteiger partial charge in [-0.05, 0) is 48.6 Å². The molecule has 1 N–H and O–H groups in total. The number of nitrogens with zero attached hydrogens (tertiary/aromatic N) is 1. The van der Waals surface area contributed by atoms with Gasteiger partial charge in [0.05, 0.1) is 17.7 Å². The quantitative estimate of drug-likeness (QED) is 0.420. The van der Waals surface area contributed by atoms with Crippen molar-refractivity contribution >= 4 is 45.8 Å². The van der Waals surface area contributed by atoms with Crippen molar-refractivity contribution in [2.45, 2.75) is 19.8 Å². The summed E-state index contributed by atoms with van der Waals surface area (Å²) in [5.41, 5.74) is 3.52. The molecule has 3 aromatic rings. The molecule has 0 unspecified atom stereocenters. The van der Waals surface area contributed by atoms with Gasteiger partial charge in [-0.2, -0.15) is 0 Å². The van der Waals surface area contributed by atoms with E-state index in [1.807, 2.05) is 18.2 Å². The summed E-state index contributed by atoms with van der Waals surface area (Å²) >= 11 is 7.20. The average Bonchev–Trinajstić information content (AvgIpc) is 3.16. The number of aromatic nitrogens is 1. The number of hydrogen-bond acceptors (Lipinski definition) is 7. The van der Waals surface area contributed by atoms with Gasteiger partial charge in [-0.1, -0.05) is 35.9 Å². The highest BCUT2D eigenvalue weighted by molar-refractivity contribution is 7.20. The minimum Gasteiger partial charge on any atom is -0.462 e. The Balaban J connectivity index is 1.56. The minimum absolute atomic E-state index is 0.00731. The molecule has 0 spiro atoms. The van der Waals surface area contributed by atoms with Gasteiger partial charge in [0.15, 0.2) is 6.61 Å². The molecule has 1 aliphatic carbocycles. The van der Waals surface area contributed by atoms with Crippen LogP contribution < -0.4 is 5.32 Å². The molecule has 2 aromatic heterocycles. The number of rotatable bonds is 6. The van der Waals surface area contributed by atoms with E-state index in [9.17, 15) is 14.4 Å². The Morgan fingerprint density at radius 1 is 1.09 bits per heavy atom. The van der Waals surface area contributed by atoms with Crippen LogP contribution in [0.4, 0.5) is 5.00 Å². The van der Waals surface area contributed by atoms with Gasteiger partial charge in [0.2, 0.25) is 0 Å². The van der Waals surface area contributed by atoms with Crippen LogP contribution in [0.2, 0.25) is 5.15 Å². The third-order valence-corrected chi connectivity index (χ3v) is 6.44. The Kier molecular flexibility index (Phi) is 6.53. The number of halogens is 1. The van der Waals surface area contributed by atoms with E-state index < -0.39 is 24.5 Å². The van der Waals surface area contributed by atoms with Crippen LogP contribution in [0.5, 0.6) is 0 Å². The standard InChI is InChI=1S/C23H19ClN2O5S/c1-2-30-23(29)18-15-10-9-13-6-3-4-7-14(13)19(15)32-21(18)26-17(27)12-31-22(28)16-8-5-11-25-20(16)24/h3-8,11H,2,9-10,12H2,1H3,(H,26,27). The lowest BCUT2D eigenvalue weighted by molar-refractivity contribution is -0.119. The monoisotopic (exact) mass is 470 g/mol. The van der Waals surface area contributed by atoms with E-state index in [0.29, 0.717) is 17.0 Å². The predicted octanol–water partition coefficient (Wildman–Crippen LogP) is 4.53. The van der Waals surface area contributed by atoms with E-state index >= 15 is 0 Å². The van der Waals surface area contributed by atoms with Crippen molar-refractivity contribution in [3.05, 3.63) is 70.0 Å². The van der Waals surface area contributed by atoms with E-state index in [-0.39, 0.29) is 17.3 Å². The van der Waals surface area contributed by atoms with Gasteiger partial charge in [0.25, 0.3) is 5.91 Å². The van der Waals surface area contributed by atoms with Gasteiger partial charge < -0.3 is 14.8 Å². The lowest BCUT2D eigenvalue weighted by Gasteiger charge is -2.16. The maximum absolute atomic E-state index is 12.7. The first kappa shape index (κ1) is 22.0. The van der Waals surface area contributed by atoms with Gasteiger partial charge >= 0.3 is 11.9 Å². The normalized spacial score (nSPS) is 11.8. The van der Waals surface area contributed by atoms with Crippen LogP contribution >= 0.6 is 22.9 Å². The molecule has 0 atom stereocenters. The smallest absolute Gasteiger partial charge is 0.341 e. The number of carbonyl (C=O) groups excluding carboxylic acids is 3. The fraction of sp³-hybridized carbons (Fsp3) is 0.217. The first-order valence-corrected chi connectivity index (χ1v) is 11.2. The summed E-state index contributed by atoms with van der Waals surface area (Å²) in [7, 11) is 0. The van der Waals surface area contributed by atoms with E-state index in [1.54, 1.807) is 13.0 Å². The van der Waals surface area contributed by atoms with Gasteiger partial charge in [0, 0.05) is 11.1 Å². The zero-order valence-corrected chi connectivity index (χ0v) is 18.7. The number of nitrogens with one attached hydrogen (secondary N) is 1. The molecule has 1 aliphatic rings. The third-order valence-electron chi connectivity index (χ3n) is 4.96. The molecule has 0 aliphatic heterocycles. The molecule has 4 rings (SSSR count). The molecule has 2 heterocycles. The average molecular weight is 471 g/mol. The van der Waals surface area contributed by atoms with E-state index in [1.165, 1.54) is 29.2 Å². The van der Waals surface area contributed by atoms with Crippen LogP contribution in [0.3, 0.4) is 0 Å². The summed E-state index contributed by atoms with van der Waals surface area (Å²) in [6, 6.07) is 11.0. The molecule has 1 aromatic carbocycles. The van der Waals surface area contributed by atoms with Crippen LogP contribution in [0.25, 0.3) is 10.4 Å². The number of amides is 1. The second-order valence-corrected chi connectivity index (χ2v) is 8.34. The van der Waals surface area contributed by atoms with E-state index in [2.05, 4.69) is 16.4 Å². The maximum Gasteiger partial charge on any atom is 0.341 e. The Bertz CT molecular complexity index is 1210. The molecule has 7 nitrogen and oxygen atoms in total. The molecule has 32 heavy (non-hydrogen) atoms. The summed E-state index contributed by atoms with van der Waals surface area (Å²) in [5, 5.41) is 3.09. The molecule has 0 bridgehead atoms. The molecule has 0 saturated carbocycles. The lowest BCUT2D eigenvalue weighted by Crippen LogP contribution is -2.22. The lowest BCUT2D eigenvalue weighted by atomic mass is 9.89. The Hall–Kier alpha value is -3.23. The van der Waals surface area contributed by atoms with Gasteiger partial charge in [-0.15, -0.1) is 11.3 Å². The SMILES string of the molecule is CCOC(=O)c1c(NC(=O)COC(=O)c2cccnc2Cl)sc2c1CCc1ccccc1-2. The highest BCUT2D eigenvalue weighted by atomic mass is 35.5. The summed E-state index contributed by atoms with van der Waals surface area (Å²) < 4.78 is 10.3. The van der Waals surface area contributed by atoms with Crippen molar-refractivity contribution < 1.29 is 23.9 Å². The van der Waals surface area contributed by atoms with E-state index in [0.717, 1.165) is 22.4 Å². The summed E-state index contributed by atoms with van der Waals surface area (Å²) in [5.74, 6) is -1.82. The number of fused-ring (bicyclic) bond motifs is 3. The van der Waals surface area contributed by atoms with Crippen LogP contribution in [0.15, 0.2) is 42.6 Å². The van der Waals surface area contributed by atoms with Crippen LogP contribution in [0.1, 0.15) is 38.8 Å². The van der Waals surface area contributed by atoms with Crippen LogP contribution in [0, 0.1) is 0 Å². The largest absolute Gasteiger partial charge is 0.462 e. The highest BCUT2D eigenvalue weighted by Crippen LogP contribution is 2.45. The molecule has 164 valence electrons. The maximum atomic E-state index is 12.7. The number of thiophene rings is 1. The number of benzene rings is 1. The highest BCUT2D eigenvalue weighted by Gasteiger charge is 2.29. The number of ether oxygens (including phenoxy) is 2. The summed E-state index contributed by atoms with van der Waals surface area (Å²) in [6.45, 7) is 1.41. The Morgan fingerprint density at radius 2 is 1.91 bits per heavy atom. The molecule has 9 heteroatoms. The number of pyridine rings is 1. The zero-order valence-electron chi connectivity index (χ0n) is 17.1. The molecule has 1 amide bonds. The van der Waals surface area contributed by atoms with Crippen molar-refractivity contribution in [3.63, 3.8) is 0 Å². The second-order valence-electron chi connectivity index (χ2n) is 6.96. The zero-order chi connectivity index (χ0) is 22.7. The number of anilines is 1. The molecular formula is C23H19ClN2O5S.